The van der Waals surface area contributed by atoms with Gasteiger partial charge in [0.2, 0.25) is 5.91 Å². The van der Waals surface area contributed by atoms with Gasteiger partial charge in [-0.2, -0.15) is 0 Å². The number of benzene rings is 2. The Bertz CT molecular complexity index is 669. The van der Waals surface area contributed by atoms with Crippen molar-refractivity contribution in [2.75, 3.05) is 12.3 Å². The van der Waals surface area contributed by atoms with E-state index in [1.54, 1.807) is 0 Å². The first-order valence-electron chi connectivity index (χ1n) is 7.53. The van der Waals surface area contributed by atoms with Crippen LogP contribution in [0.5, 0.6) is 0 Å². The molecule has 0 aromatic heterocycles. The first kappa shape index (κ1) is 15.1. The second-order valence-corrected chi connectivity index (χ2v) is 6.63. The van der Waals surface area contributed by atoms with Crippen molar-refractivity contribution >= 4 is 27.5 Å². The SMILES string of the molecule is Nc1ccc(CC(=O)N2CCCC2c2cccc(Br)c2)cc1. The number of hydrogen-bond acceptors (Lipinski definition) is 2. The minimum Gasteiger partial charge on any atom is -0.399 e. The third-order valence-corrected chi connectivity index (χ3v) is 4.63. The summed E-state index contributed by atoms with van der Waals surface area (Å²) in [5.74, 6) is 0.187. The Labute approximate surface area is 139 Å². The fraction of sp³-hybridized carbons (Fsp3) is 0.278. The Morgan fingerprint density at radius 2 is 2.00 bits per heavy atom. The highest BCUT2D eigenvalue weighted by Gasteiger charge is 2.29. The Balaban J connectivity index is 1.75. The lowest BCUT2D eigenvalue weighted by Gasteiger charge is -2.25. The number of nitrogens with zero attached hydrogens (tertiary/aromatic N) is 1. The van der Waals surface area contributed by atoms with Gasteiger partial charge in [0, 0.05) is 16.7 Å². The van der Waals surface area contributed by atoms with Crippen LogP contribution in [0.3, 0.4) is 0 Å². The monoisotopic (exact) mass is 358 g/mol. The fourth-order valence-corrected chi connectivity index (χ4v) is 3.45. The van der Waals surface area contributed by atoms with Crippen LogP contribution in [-0.2, 0) is 11.2 Å². The predicted molar refractivity (Wildman–Crippen MR) is 92.4 cm³/mol. The van der Waals surface area contributed by atoms with Gasteiger partial charge in [0.15, 0.2) is 0 Å². The molecule has 0 radical (unpaired) electrons. The van der Waals surface area contributed by atoms with Gasteiger partial charge in [0.1, 0.15) is 0 Å². The summed E-state index contributed by atoms with van der Waals surface area (Å²) in [4.78, 5) is 14.7. The molecule has 4 heteroatoms. The number of carbonyl (C=O) groups is 1. The molecule has 0 bridgehead atoms. The third kappa shape index (κ3) is 3.33. The maximum atomic E-state index is 12.7. The van der Waals surface area contributed by atoms with E-state index < -0.39 is 0 Å². The average molecular weight is 359 g/mol. The van der Waals surface area contributed by atoms with E-state index in [0.717, 1.165) is 35.1 Å². The van der Waals surface area contributed by atoms with Crippen LogP contribution in [0.4, 0.5) is 5.69 Å². The van der Waals surface area contributed by atoms with Crippen molar-refractivity contribution in [2.24, 2.45) is 0 Å². The highest BCUT2D eigenvalue weighted by atomic mass is 79.9. The van der Waals surface area contributed by atoms with E-state index in [4.69, 9.17) is 5.73 Å². The first-order valence-corrected chi connectivity index (χ1v) is 8.32. The Morgan fingerprint density at radius 1 is 1.23 bits per heavy atom. The van der Waals surface area contributed by atoms with Gasteiger partial charge >= 0.3 is 0 Å². The van der Waals surface area contributed by atoms with Crippen molar-refractivity contribution < 1.29 is 4.79 Å². The number of anilines is 1. The highest BCUT2D eigenvalue weighted by Crippen LogP contribution is 2.33. The molecule has 2 aromatic rings. The van der Waals surface area contributed by atoms with Gasteiger partial charge in [-0.25, -0.2) is 0 Å². The average Bonchev–Trinajstić information content (AvgIpc) is 2.99. The van der Waals surface area contributed by atoms with E-state index >= 15 is 0 Å². The lowest BCUT2D eigenvalue weighted by molar-refractivity contribution is -0.131. The second-order valence-electron chi connectivity index (χ2n) is 5.72. The fourth-order valence-electron chi connectivity index (χ4n) is 3.04. The third-order valence-electron chi connectivity index (χ3n) is 4.14. The molecule has 0 aliphatic carbocycles. The Kier molecular flexibility index (Phi) is 4.48. The molecule has 1 saturated heterocycles. The van der Waals surface area contributed by atoms with E-state index in [1.807, 2.05) is 41.3 Å². The van der Waals surface area contributed by atoms with Crippen molar-refractivity contribution in [1.82, 2.24) is 4.90 Å². The summed E-state index contributed by atoms with van der Waals surface area (Å²) in [6.07, 6.45) is 2.53. The molecule has 22 heavy (non-hydrogen) atoms. The maximum absolute atomic E-state index is 12.7. The van der Waals surface area contributed by atoms with Crippen molar-refractivity contribution in [3.63, 3.8) is 0 Å². The van der Waals surface area contributed by atoms with Gasteiger partial charge in [-0.05, 0) is 48.2 Å². The molecule has 1 unspecified atom stereocenters. The minimum atomic E-state index is 0.187. The molecule has 3 nitrogen and oxygen atoms in total. The number of amides is 1. The maximum Gasteiger partial charge on any atom is 0.227 e. The molecule has 1 fully saturated rings. The highest BCUT2D eigenvalue weighted by molar-refractivity contribution is 9.10. The summed E-state index contributed by atoms with van der Waals surface area (Å²) >= 11 is 3.51. The molecule has 2 N–H and O–H groups in total. The molecular formula is C18H19BrN2O. The van der Waals surface area contributed by atoms with Gasteiger partial charge in [0.25, 0.3) is 0 Å². The van der Waals surface area contributed by atoms with E-state index in [-0.39, 0.29) is 11.9 Å². The molecule has 0 saturated carbocycles. The van der Waals surface area contributed by atoms with Crippen molar-refractivity contribution in [3.8, 4) is 0 Å². The summed E-state index contributed by atoms with van der Waals surface area (Å²) in [6, 6.07) is 16.0. The van der Waals surface area contributed by atoms with E-state index in [9.17, 15) is 4.79 Å². The molecule has 1 amide bonds. The number of nitrogens with two attached hydrogens (primary N) is 1. The molecular weight excluding hydrogens is 340 g/mol. The lowest BCUT2D eigenvalue weighted by atomic mass is 10.0. The summed E-state index contributed by atoms with van der Waals surface area (Å²) in [7, 11) is 0. The summed E-state index contributed by atoms with van der Waals surface area (Å²) in [5, 5.41) is 0. The van der Waals surface area contributed by atoms with Gasteiger partial charge < -0.3 is 10.6 Å². The van der Waals surface area contributed by atoms with Gasteiger partial charge in [-0.1, -0.05) is 40.2 Å². The molecule has 0 spiro atoms. The molecule has 114 valence electrons. The zero-order valence-electron chi connectivity index (χ0n) is 12.3. The quantitative estimate of drug-likeness (QED) is 0.844. The van der Waals surface area contributed by atoms with Crippen molar-refractivity contribution in [3.05, 3.63) is 64.1 Å². The summed E-state index contributed by atoms with van der Waals surface area (Å²) < 4.78 is 1.06. The zero-order valence-corrected chi connectivity index (χ0v) is 13.9. The van der Waals surface area contributed by atoms with Crippen LogP contribution >= 0.6 is 15.9 Å². The first-order chi connectivity index (χ1) is 10.6. The predicted octanol–water partition coefficient (Wildman–Crippen LogP) is 3.94. The Morgan fingerprint density at radius 3 is 2.73 bits per heavy atom. The van der Waals surface area contributed by atoms with E-state index in [2.05, 4.69) is 28.1 Å². The zero-order chi connectivity index (χ0) is 15.5. The number of hydrogen-bond donors (Lipinski definition) is 1. The summed E-state index contributed by atoms with van der Waals surface area (Å²) in [5.41, 5.74) is 8.64. The molecule has 1 atom stereocenters. The standard InChI is InChI=1S/C18H19BrN2O/c19-15-4-1-3-14(12-15)17-5-2-10-21(17)18(22)11-13-6-8-16(20)9-7-13/h1,3-4,6-9,12,17H,2,5,10-11,20H2. The van der Waals surface area contributed by atoms with Crippen molar-refractivity contribution in [1.29, 1.82) is 0 Å². The smallest absolute Gasteiger partial charge is 0.227 e. The normalized spacial score (nSPS) is 17.7. The Hall–Kier alpha value is -1.81. The lowest BCUT2D eigenvalue weighted by Crippen LogP contribution is -2.31. The van der Waals surface area contributed by atoms with Crippen LogP contribution in [-0.4, -0.2) is 17.4 Å². The minimum absolute atomic E-state index is 0.187. The van der Waals surface area contributed by atoms with Gasteiger partial charge in [-0.3, -0.25) is 4.79 Å². The van der Waals surface area contributed by atoms with Crippen LogP contribution in [0.1, 0.15) is 30.0 Å². The molecule has 3 rings (SSSR count). The van der Waals surface area contributed by atoms with Crippen molar-refractivity contribution in [2.45, 2.75) is 25.3 Å². The van der Waals surface area contributed by atoms with Gasteiger partial charge in [0.05, 0.1) is 12.5 Å². The number of halogens is 1. The van der Waals surface area contributed by atoms with Crippen LogP contribution in [0, 0.1) is 0 Å². The number of nitrogen functional groups attached to an aromatic ring is 1. The molecule has 1 aliphatic rings. The number of rotatable bonds is 3. The number of carbonyl (C=O) groups excluding carboxylic acids is 1. The molecule has 1 aliphatic heterocycles. The van der Waals surface area contributed by atoms with Crippen LogP contribution < -0.4 is 5.73 Å². The second kappa shape index (κ2) is 6.53. The van der Waals surface area contributed by atoms with E-state index in [1.165, 1.54) is 5.56 Å². The molecule has 2 aromatic carbocycles. The largest absolute Gasteiger partial charge is 0.399 e. The van der Waals surface area contributed by atoms with Crippen LogP contribution in [0.25, 0.3) is 0 Å². The van der Waals surface area contributed by atoms with Crippen LogP contribution in [0.15, 0.2) is 53.0 Å². The van der Waals surface area contributed by atoms with Gasteiger partial charge in [-0.15, -0.1) is 0 Å². The van der Waals surface area contributed by atoms with Crippen LogP contribution in [0.2, 0.25) is 0 Å². The van der Waals surface area contributed by atoms with E-state index in [0.29, 0.717) is 6.42 Å². The summed E-state index contributed by atoms with van der Waals surface area (Å²) in [6.45, 7) is 0.838. The molecule has 1 heterocycles. The topological polar surface area (TPSA) is 46.3 Å². The number of likely N-dealkylation sites (tertiary alicyclic amines) is 1.